The van der Waals surface area contributed by atoms with Crippen molar-refractivity contribution in [2.75, 3.05) is 12.4 Å². The minimum Gasteiger partial charge on any atom is -0.466 e. The van der Waals surface area contributed by atoms with Crippen LogP contribution in [0, 0.1) is 0 Å². The SMILES string of the molecule is C[Si](C)(C)CCOC(=O)C[C@]1(c2ccc(-c3ccc(-c4cnco4)cc3)s2)CCCCS1(=O)=O. The summed E-state index contributed by atoms with van der Waals surface area (Å²) in [5, 5.41) is 0. The molecule has 0 spiro atoms. The van der Waals surface area contributed by atoms with Gasteiger partial charge in [-0.15, -0.1) is 11.3 Å². The molecule has 1 fully saturated rings. The zero-order valence-electron chi connectivity index (χ0n) is 19.9. The summed E-state index contributed by atoms with van der Waals surface area (Å²) in [5.41, 5.74) is 1.91. The van der Waals surface area contributed by atoms with Gasteiger partial charge in [-0.05, 0) is 36.6 Å². The maximum absolute atomic E-state index is 13.4. The molecule has 6 nitrogen and oxygen atoms in total. The van der Waals surface area contributed by atoms with Crippen molar-refractivity contribution in [1.29, 1.82) is 0 Å². The number of hydrogen-bond donors (Lipinski definition) is 0. The molecule has 1 atom stereocenters. The molecule has 1 aliphatic rings. The van der Waals surface area contributed by atoms with Crippen LogP contribution in [0.25, 0.3) is 21.8 Å². The molecule has 1 aromatic carbocycles. The average molecular weight is 518 g/mol. The quantitative estimate of drug-likeness (QED) is 0.264. The number of thiophene rings is 1. The lowest BCUT2D eigenvalue weighted by Gasteiger charge is -2.35. The second-order valence-corrected chi connectivity index (χ2v) is 19.2. The second-order valence-electron chi connectivity index (χ2n) is 10.1. The first-order valence-corrected chi connectivity index (χ1v) is 17.7. The Morgan fingerprint density at radius 3 is 2.50 bits per heavy atom. The van der Waals surface area contributed by atoms with E-state index in [1.807, 2.05) is 36.4 Å². The van der Waals surface area contributed by atoms with Crippen LogP contribution in [0.5, 0.6) is 0 Å². The predicted octanol–water partition coefficient (Wildman–Crippen LogP) is 6.14. The van der Waals surface area contributed by atoms with E-state index in [9.17, 15) is 13.2 Å². The highest BCUT2D eigenvalue weighted by Crippen LogP contribution is 2.47. The van der Waals surface area contributed by atoms with Crippen molar-refractivity contribution < 1.29 is 22.4 Å². The van der Waals surface area contributed by atoms with Gasteiger partial charge in [0, 0.05) is 23.4 Å². The van der Waals surface area contributed by atoms with E-state index in [2.05, 4.69) is 24.6 Å². The summed E-state index contributed by atoms with van der Waals surface area (Å²) in [4.78, 5) is 18.5. The van der Waals surface area contributed by atoms with E-state index < -0.39 is 28.6 Å². The van der Waals surface area contributed by atoms with Crippen molar-refractivity contribution in [2.45, 2.75) is 56.1 Å². The molecule has 4 rings (SSSR count). The summed E-state index contributed by atoms with van der Waals surface area (Å²) in [6.07, 6.45) is 4.80. The summed E-state index contributed by atoms with van der Waals surface area (Å²) in [6.45, 7) is 7.02. The minimum atomic E-state index is -3.49. The fourth-order valence-electron chi connectivity index (χ4n) is 4.27. The minimum absolute atomic E-state index is 0.105. The number of carbonyl (C=O) groups excluding carboxylic acids is 1. The number of esters is 1. The lowest BCUT2D eigenvalue weighted by molar-refractivity contribution is -0.144. The fraction of sp³-hybridized carbons (Fsp3) is 0.440. The van der Waals surface area contributed by atoms with Crippen LogP contribution in [0.4, 0.5) is 0 Å². The molecule has 1 saturated heterocycles. The van der Waals surface area contributed by atoms with Gasteiger partial charge in [-0.25, -0.2) is 13.4 Å². The zero-order chi connectivity index (χ0) is 24.4. The Bertz CT molecular complexity index is 1230. The molecule has 9 heteroatoms. The summed E-state index contributed by atoms with van der Waals surface area (Å²) in [7, 11) is -4.84. The summed E-state index contributed by atoms with van der Waals surface area (Å²) in [5.74, 6) is 0.377. The van der Waals surface area contributed by atoms with Crippen molar-refractivity contribution in [3.63, 3.8) is 0 Å². The average Bonchev–Trinajstić information content (AvgIpc) is 3.47. The van der Waals surface area contributed by atoms with E-state index in [0.717, 1.165) is 33.3 Å². The Kier molecular flexibility index (Phi) is 7.16. The van der Waals surface area contributed by atoms with Crippen LogP contribution >= 0.6 is 11.3 Å². The summed E-state index contributed by atoms with van der Waals surface area (Å²) >= 11 is 1.45. The van der Waals surface area contributed by atoms with Gasteiger partial charge in [-0.1, -0.05) is 50.3 Å². The highest BCUT2D eigenvalue weighted by molar-refractivity contribution is 7.92. The lowest BCUT2D eigenvalue weighted by Crippen LogP contribution is -2.42. The van der Waals surface area contributed by atoms with Crippen LogP contribution in [0.3, 0.4) is 0 Å². The predicted molar refractivity (Wildman–Crippen MR) is 138 cm³/mol. The van der Waals surface area contributed by atoms with Gasteiger partial charge in [0.05, 0.1) is 25.0 Å². The second kappa shape index (κ2) is 9.79. The number of nitrogens with zero attached hydrogens (tertiary/aromatic N) is 1. The number of oxazole rings is 1. The molecule has 1 aliphatic heterocycles. The van der Waals surface area contributed by atoms with Gasteiger partial charge >= 0.3 is 5.97 Å². The third-order valence-electron chi connectivity index (χ3n) is 6.33. The first kappa shape index (κ1) is 24.9. The molecule has 34 heavy (non-hydrogen) atoms. The van der Waals surface area contributed by atoms with Crippen molar-refractivity contribution in [3.05, 3.63) is 53.9 Å². The first-order chi connectivity index (χ1) is 16.1. The van der Waals surface area contributed by atoms with Gasteiger partial charge in [-0.3, -0.25) is 4.79 Å². The molecular weight excluding hydrogens is 486 g/mol. The van der Waals surface area contributed by atoms with Gasteiger partial charge in [0.25, 0.3) is 0 Å². The smallest absolute Gasteiger partial charge is 0.307 e. The van der Waals surface area contributed by atoms with Crippen LogP contribution in [-0.2, 0) is 24.1 Å². The number of ether oxygens (including phenoxy) is 1. The van der Waals surface area contributed by atoms with Crippen molar-refractivity contribution >= 4 is 35.2 Å². The van der Waals surface area contributed by atoms with E-state index in [1.165, 1.54) is 17.7 Å². The Balaban J connectivity index is 1.59. The highest BCUT2D eigenvalue weighted by atomic mass is 32.2. The van der Waals surface area contributed by atoms with Gasteiger partial charge in [0.15, 0.2) is 22.0 Å². The van der Waals surface area contributed by atoms with E-state index in [-0.39, 0.29) is 12.2 Å². The number of sulfone groups is 1. The fourth-order valence-corrected chi connectivity index (χ4v) is 8.75. The molecule has 0 amide bonds. The Labute approximate surface area is 206 Å². The van der Waals surface area contributed by atoms with Crippen LogP contribution < -0.4 is 0 Å². The van der Waals surface area contributed by atoms with Crippen LogP contribution in [0.1, 0.15) is 30.6 Å². The van der Waals surface area contributed by atoms with Gasteiger partial charge in [-0.2, -0.15) is 0 Å². The molecule has 0 radical (unpaired) electrons. The van der Waals surface area contributed by atoms with Crippen LogP contribution in [0.2, 0.25) is 25.7 Å². The topological polar surface area (TPSA) is 86.5 Å². The molecule has 0 unspecified atom stereocenters. The maximum atomic E-state index is 13.4. The number of aromatic nitrogens is 1. The molecule has 3 aromatic rings. The standard InChI is InChI=1S/C25H31NO5S2Si/c1-34(2,3)15-13-30-24(27)16-25(12-4-5-14-33(25,28)29)23-11-10-22(32-23)20-8-6-19(7-9-20)21-17-26-18-31-21/h6-11,17-18H,4-5,12-16H2,1-3H3/t25-/m0/s1. The molecule has 0 aliphatic carbocycles. The molecule has 2 aromatic heterocycles. The number of rotatable bonds is 8. The number of carbonyl (C=O) groups is 1. The lowest BCUT2D eigenvalue weighted by atomic mass is 9.95. The third kappa shape index (κ3) is 5.36. The first-order valence-electron chi connectivity index (χ1n) is 11.6. The van der Waals surface area contributed by atoms with E-state index in [4.69, 9.17) is 9.15 Å². The number of hydrogen-bond acceptors (Lipinski definition) is 7. The Hall–Kier alpha value is -2.23. The maximum Gasteiger partial charge on any atom is 0.307 e. The molecule has 0 saturated carbocycles. The van der Waals surface area contributed by atoms with E-state index in [0.29, 0.717) is 25.2 Å². The van der Waals surface area contributed by atoms with Crippen molar-refractivity contribution in [2.24, 2.45) is 0 Å². The molecule has 0 bridgehead atoms. The molecule has 0 N–H and O–H groups in total. The highest BCUT2D eigenvalue weighted by Gasteiger charge is 2.49. The van der Waals surface area contributed by atoms with Gasteiger partial charge in [0.2, 0.25) is 0 Å². The van der Waals surface area contributed by atoms with Crippen LogP contribution in [0.15, 0.2) is 53.4 Å². The number of benzene rings is 1. The van der Waals surface area contributed by atoms with Crippen molar-refractivity contribution in [1.82, 2.24) is 4.98 Å². The largest absolute Gasteiger partial charge is 0.466 e. The van der Waals surface area contributed by atoms with Crippen molar-refractivity contribution in [3.8, 4) is 21.8 Å². The zero-order valence-corrected chi connectivity index (χ0v) is 22.5. The third-order valence-corrected chi connectivity index (χ3v) is 12.1. The molecule has 3 heterocycles. The Morgan fingerprint density at radius 2 is 1.85 bits per heavy atom. The monoisotopic (exact) mass is 517 g/mol. The molecule has 182 valence electrons. The van der Waals surface area contributed by atoms with Crippen LogP contribution in [-0.4, -0.2) is 39.8 Å². The normalized spacial score (nSPS) is 20.2. The van der Waals surface area contributed by atoms with E-state index in [1.54, 1.807) is 6.20 Å². The Morgan fingerprint density at radius 1 is 1.12 bits per heavy atom. The molecular formula is C25H31NO5S2Si. The summed E-state index contributed by atoms with van der Waals surface area (Å²) in [6, 6.07) is 12.6. The van der Waals surface area contributed by atoms with E-state index >= 15 is 0 Å². The summed E-state index contributed by atoms with van der Waals surface area (Å²) < 4.78 is 36.4. The van der Waals surface area contributed by atoms with Gasteiger partial charge in [0.1, 0.15) is 4.75 Å². The van der Waals surface area contributed by atoms with Gasteiger partial charge < -0.3 is 9.15 Å².